The first-order valence-electron chi connectivity index (χ1n) is 5.60. The van der Waals surface area contributed by atoms with Gasteiger partial charge < -0.3 is 14.5 Å². The summed E-state index contributed by atoms with van der Waals surface area (Å²) in [6, 6.07) is 2.49. The van der Waals surface area contributed by atoms with Crippen molar-refractivity contribution in [1.82, 2.24) is 5.32 Å². The molecule has 0 bridgehead atoms. The van der Waals surface area contributed by atoms with Gasteiger partial charge in [-0.05, 0) is 12.5 Å². The second kappa shape index (κ2) is 6.64. The van der Waals surface area contributed by atoms with Gasteiger partial charge in [0, 0.05) is 24.8 Å². The molecule has 0 aliphatic rings. The van der Waals surface area contributed by atoms with E-state index in [1.165, 1.54) is 5.56 Å². The first kappa shape index (κ1) is 12.3. The van der Waals surface area contributed by atoms with Crippen LogP contribution >= 0.6 is 0 Å². The van der Waals surface area contributed by atoms with E-state index in [1.54, 1.807) is 6.26 Å². The van der Waals surface area contributed by atoms with Gasteiger partial charge in [0.1, 0.15) is 12.4 Å². The Morgan fingerprint density at radius 2 is 2.27 bits per heavy atom. The lowest BCUT2D eigenvalue weighted by Gasteiger charge is -2.08. The van der Waals surface area contributed by atoms with Crippen LogP contribution in [0, 0.1) is 0 Å². The van der Waals surface area contributed by atoms with Crippen molar-refractivity contribution in [3.05, 3.63) is 23.7 Å². The molecule has 1 aromatic heterocycles. The third-order valence-electron chi connectivity index (χ3n) is 2.12. The van der Waals surface area contributed by atoms with Crippen molar-refractivity contribution in [3.63, 3.8) is 0 Å². The Morgan fingerprint density at radius 1 is 1.47 bits per heavy atom. The molecule has 0 aliphatic heterocycles. The molecule has 0 saturated heterocycles. The lowest BCUT2D eigenvalue weighted by molar-refractivity contribution is 0.106. The van der Waals surface area contributed by atoms with Crippen LogP contribution in [-0.2, 0) is 17.9 Å². The number of rotatable bonds is 7. The Morgan fingerprint density at radius 3 is 2.93 bits per heavy atom. The van der Waals surface area contributed by atoms with E-state index in [0.717, 1.165) is 25.3 Å². The standard InChI is InChI=1S/C12H21NO2/c1-4-6-14-9-12-11(5-7-15-12)8-13-10(2)3/h5,7,10,13H,4,6,8-9H2,1-3H3. The summed E-state index contributed by atoms with van der Waals surface area (Å²) in [6.45, 7) is 8.58. The second-order valence-electron chi connectivity index (χ2n) is 3.96. The highest BCUT2D eigenvalue weighted by Crippen LogP contribution is 2.12. The molecule has 3 nitrogen and oxygen atoms in total. The summed E-state index contributed by atoms with van der Waals surface area (Å²) in [5, 5.41) is 3.36. The maximum absolute atomic E-state index is 5.45. The fourth-order valence-electron chi connectivity index (χ4n) is 1.27. The molecule has 1 N–H and O–H groups in total. The molecule has 0 atom stereocenters. The van der Waals surface area contributed by atoms with Gasteiger partial charge in [0.2, 0.25) is 0 Å². The molecule has 0 saturated carbocycles. The largest absolute Gasteiger partial charge is 0.467 e. The number of nitrogens with one attached hydrogen (secondary N) is 1. The molecule has 1 heterocycles. The van der Waals surface area contributed by atoms with Gasteiger partial charge in [-0.1, -0.05) is 20.8 Å². The van der Waals surface area contributed by atoms with Gasteiger partial charge in [-0.25, -0.2) is 0 Å². The fraction of sp³-hybridized carbons (Fsp3) is 0.667. The van der Waals surface area contributed by atoms with Crippen molar-refractivity contribution < 1.29 is 9.15 Å². The molecule has 0 unspecified atom stereocenters. The molecule has 0 spiro atoms. The van der Waals surface area contributed by atoms with Crippen LogP contribution in [0.4, 0.5) is 0 Å². The molecule has 0 amide bonds. The minimum atomic E-state index is 0.490. The summed E-state index contributed by atoms with van der Waals surface area (Å²) in [5.74, 6) is 0.941. The van der Waals surface area contributed by atoms with Crippen molar-refractivity contribution >= 4 is 0 Å². The average molecular weight is 211 g/mol. The zero-order valence-corrected chi connectivity index (χ0v) is 9.88. The quantitative estimate of drug-likeness (QED) is 0.704. The van der Waals surface area contributed by atoms with Crippen LogP contribution in [0.2, 0.25) is 0 Å². The van der Waals surface area contributed by atoms with Gasteiger partial charge in [0.25, 0.3) is 0 Å². The molecule has 3 heteroatoms. The predicted molar refractivity (Wildman–Crippen MR) is 60.6 cm³/mol. The molecule has 0 aliphatic carbocycles. The smallest absolute Gasteiger partial charge is 0.133 e. The van der Waals surface area contributed by atoms with E-state index in [9.17, 15) is 0 Å². The Labute approximate surface area is 91.8 Å². The lowest BCUT2D eigenvalue weighted by Crippen LogP contribution is -2.22. The van der Waals surface area contributed by atoms with Crippen molar-refractivity contribution in [2.75, 3.05) is 6.61 Å². The SMILES string of the molecule is CCCOCc1occc1CNC(C)C. The van der Waals surface area contributed by atoms with Crippen LogP contribution in [-0.4, -0.2) is 12.6 Å². The minimum Gasteiger partial charge on any atom is -0.467 e. The highest BCUT2D eigenvalue weighted by Gasteiger charge is 2.06. The van der Waals surface area contributed by atoms with Crippen molar-refractivity contribution in [2.24, 2.45) is 0 Å². The van der Waals surface area contributed by atoms with Gasteiger partial charge >= 0.3 is 0 Å². The molecular formula is C12H21NO2. The summed E-state index contributed by atoms with van der Waals surface area (Å²) < 4.78 is 10.8. The third kappa shape index (κ3) is 4.49. The molecule has 15 heavy (non-hydrogen) atoms. The van der Waals surface area contributed by atoms with Crippen LogP contribution < -0.4 is 5.32 Å². The second-order valence-corrected chi connectivity index (χ2v) is 3.96. The van der Waals surface area contributed by atoms with E-state index < -0.39 is 0 Å². The first-order chi connectivity index (χ1) is 7.24. The van der Waals surface area contributed by atoms with Crippen LogP contribution in [0.1, 0.15) is 38.5 Å². The van der Waals surface area contributed by atoms with Crippen molar-refractivity contribution in [3.8, 4) is 0 Å². The lowest BCUT2D eigenvalue weighted by atomic mass is 10.2. The van der Waals surface area contributed by atoms with E-state index in [4.69, 9.17) is 9.15 Å². The summed E-state index contributed by atoms with van der Waals surface area (Å²) >= 11 is 0. The summed E-state index contributed by atoms with van der Waals surface area (Å²) in [4.78, 5) is 0. The van der Waals surface area contributed by atoms with E-state index in [0.29, 0.717) is 12.6 Å². The van der Waals surface area contributed by atoms with E-state index in [1.807, 2.05) is 6.07 Å². The Hall–Kier alpha value is -0.800. The molecule has 0 radical (unpaired) electrons. The Kier molecular flexibility index (Phi) is 5.43. The van der Waals surface area contributed by atoms with E-state index >= 15 is 0 Å². The maximum atomic E-state index is 5.45. The average Bonchev–Trinajstić information content (AvgIpc) is 2.63. The summed E-state index contributed by atoms with van der Waals surface area (Å²) in [5.41, 5.74) is 1.19. The minimum absolute atomic E-state index is 0.490. The zero-order valence-electron chi connectivity index (χ0n) is 9.88. The van der Waals surface area contributed by atoms with Gasteiger partial charge in [0.05, 0.1) is 6.26 Å². The predicted octanol–water partition coefficient (Wildman–Crippen LogP) is 2.70. The third-order valence-corrected chi connectivity index (χ3v) is 2.12. The highest BCUT2D eigenvalue weighted by molar-refractivity contribution is 5.16. The molecule has 86 valence electrons. The monoisotopic (exact) mass is 211 g/mol. The van der Waals surface area contributed by atoms with E-state index in [-0.39, 0.29) is 0 Å². The molecule has 0 aromatic carbocycles. The number of hydrogen-bond donors (Lipinski definition) is 1. The van der Waals surface area contributed by atoms with Crippen LogP contribution in [0.25, 0.3) is 0 Å². The molecule has 1 rings (SSSR count). The Balaban J connectivity index is 2.39. The van der Waals surface area contributed by atoms with Gasteiger partial charge in [-0.2, -0.15) is 0 Å². The van der Waals surface area contributed by atoms with Crippen LogP contribution in [0.3, 0.4) is 0 Å². The topological polar surface area (TPSA) is 34.4 Å². The molecule has 1 aromatic rings. The van der Waals surface area contributed by atoms with Gasteiger partial charge in [-0.15, -0.1) is 0 Å². The highest BCUT2D eigenvalue weighted by atomic mass is 16.5. The van der Waals surface area contributed by atoms with Crippen molar-refractivity contribution in [1.29, 1.82) is 0 Å². The summed E-state index contributed by atoms with van der Waals surface area (Å²) in [7, 11) is 0. The number of ether oxygens (including phenoxy) is 1. The Bertz CT molecular complexity index is 268. The van der Waals surface area contributed by atoms with Gasteiger partial charge in [0.15, 0.2) is 0 Å². The zero-order chi connectivity index (χ0) is 11.1. The summed E-state index contributed by atoms with van der Waals surface area (Å²) in [6.07, 6.45) is 2.77. The maximum Gasteiger partial charge on any atom is 0.133 e. The van der Waals surface area contributed by atoms with E-state index in [2.05, 4.69) is 26.1 Å². The molecule has 0 fully saturated rings. The van der Waals surface area contributed by atoms with Crippen molar-refractivity contribution in [2.45, 2.75) is 46.4 Å². The molecular weight excluding hydrogens is 190 g/mol. The normalized spacial score (nSPS) is 11.2. The number of furan rings is 1. The first-order valence-corrected chi connectivity index (χ1v) is 5.60. The number of hydrogen-bond acceptors (Lipinski definition) is 3. The fourth-order valence-corrected chi connectivity index (χ4v) is 1.27. The van der Waals surface area contributed by atoms with Crippen LogP contribution in [0.15, 0.2) is 16.7 Å². The van der Waals surface area contributed by atoms with Gasteiger partial charge in [-0.3, -0.25) is 0 Å². The van der Waals surface area contributed by atoms with Crippen LogP contribution in [0.5, 0.6) is 0 Å².